The van der Waals surface area contributed by atoms with Crippen molar-refractivity contribution in [3.8, 4) is 0 Å². The Kier molecular flexibility index (Phi) is 7.12. The Hall–Kier alpha value is -0.330. The van der Waals surface area contributed by atoms with E-state index in [1.807, 2.05) is 0 Å². The molecule has 29 heavy (non-hydrogen) atoms. The lowest BCUT2D eigenvalue weighted by atomic mass is 9.42. The molecule has 0 N–H and O–H groups in total. The molecule has 1 heteroatoms. The second kappa shape index (κ2) is 9.44. The molecule has 0 aromatic rings. The lowest BCUT2D eigenvalue weighted by molar-refractivity contribution is -0.169. The second-order valence-corrected chi connectivity index (χ2v) is 11.9. The highest BCUT2D eigenvalue weighted by molar-refractivity contribution is 5.96. The quantitative estimate of drug-likeness (QED) is 0.391. The largest absolute Gasteiger partial charge is 0.298 e. The van der Waals surface area contributed by atoms with Gasteiger partial charge in [0.15, 0.2) is 0 Å². The van der Waals surface area contributed by atoms with Gasteiger partial charge in [-0.25, -0.2) is 0 Å². The maximum Gasteiger partial charge on any atom is 0.145 e. The highest BCUT2D eigenvalue weighted by Gasteiger charge is 2.63. The van der Waals surface area contributed by atoms with Gasteiger partial charge in [-0.05, 0) is 94.3 Å². The van der Waals surface area contributed by atoms with Crippen LogP contribution in [0.25, 0.3) is 0 Å². The summed E-state index contributed by atoms with van der Waals surface area (Å²) in [5.74, 6) is 4.62. The van der Waals surface area contributed by atoms with Crippen LogP contribution in [0, 0.1) is 34.5 Å². The van der Waals surface area contributed by atoms with Crippen LogP contribution in [0.15, 0.2) is 0 Å². The van der Waals surface area contributed by atoms with Crippen LogP contribution in [0.1, 0.15) is 136 Å². The van der Waals surface area contributed by atoms with Crippen molar-refractivity contribution < 1.29 is 4.79 Å². The highest BCUT2D eigenvalue weighted by Crippen LogP contribution is 2.64. The molecule has 0 amide bonds. The van der Waals surface area contributed by atoms with Gasteiger partial charge in [0, 0.05) is 10.8 Å². The van der Waals surface area contributed by atoms with Crippen LogP contribution in [0.4, 0.5) is 0 Å². The zero-order valence-electron chi connectivity index (χ0n) is 19.7. The SMILES string of the molecule is CCCCCC1CCC([C@H]2CC[C@]3(CC2)C[C@@]2(CCC(CCC)CC2)C3=O)CC1. The molecule has 0 unspecified atom stereocenters. The van der Waals surface area contributed by atoms with Crippen LogP contribution in [0.3, 0.4) is 0 Å². The Bertz CT molecular complexity index is 525. The number of Topliss-reactive ketones (excluding diaryl/α,β-unsaturated/α-hetero) is 1. The van der Waals surface area contributed by atoms with Gasteiger partial charge in [-0.1, -0.05) is 65.2 Å². The first-order valence-electron chi connectivity index (χ1n) is 13.7. The molecule has 4 fully saturated rings. The molecule has 4 saturated carbocycles. The second-order valence-electron chi connectivity index (χ2n) is 11.9. The number of ketones is 1. The maximum atomic E-state index is 13.4. The Morgan fingerprint density at radius 1 is 0.655 bits per heavy atom. The predicted molar refractivity (Wildman–Crippen MR) is 123 cm³/mol. The average molecular weight is 401 g/mol. The number of carbonyl (C=O) groups is 1. The van der Waals surface area contributed by atoms with E-state index in [1.165, 1.54) is 122 Å². The molecule has 4 aliphatic rings. The smallest absolute Gasteiger partial charge is 0.145 e. The molecule has 166 valence electrons. The number of rotatable bonds is 7. The molecule has 0 aromatic carbocycles. The fraction of sp³-hybridized carbons (Fsp3) is 0.964. The minimum absolute atomic E-state index is 0.144. The number of carbonyl (C=O) groups excluding carboxylic acids is 1. The molecule has 0 heterocycles. The summed E-state index contributed by atoms with van der Waals surface area (Å²) in [6, 6.07) is 0. The summed E-state index contributed by atoms with van der Waals surface area (Å²) in [7, 11) is 0. The monoisotopic (exact) mass is 400 g/mol. The lowest BCUT2D eigenvalue weighted by Gasteiger charge is -2.59. The molecule has 0 aromatic heterocycles. The van der Waals surface area contributed by atoms with Gasteiger partial charge < -0.3 is 0 Å². The minimum atomic E-state index is 0.144. The molecule has 4 rings (SSSR count). The fourth-order valence-electron chi connectivity index (χ4n) is 8.29. The third-order valence-electron chi connectivity index (χ3n) is 10.2. The van der Waals surface area contributed by atoms with Crippen LogP contribution >= 0.6 is 0 Å². The van der Waals surface area contributed by atoms with Crippen LogP contribution in [-0.4, -0.2) is 5.78 Å². The first kappa shape index (κ1) is 21.9. The zero-order valence-corrected chi connectivity index (χ0v) is 19.7. The molecule has 0 aliphatic heterocycles. The van der Waals surface area contributed by atoms with Gasteiger partial charge >= 0.3 is 0 Å². The molecular formula is C28H48O. The van der Waals surface area contributed by atoms with E-state index in [0.29, 0.717) is 0 Å². The normalized spacial score (nSPS) is 42.9. The van der Waals surface area contributed by atoms with Crippen LogP contribution in [0.5, 0.6) is 0 Å². The standard InChI is InChI=1S/C28H48O/c1-3-5-6-8-23-9-11-24(12-10-23)25-15-19-28(20-16-25)21-27(26(28)29)17-13-22(7-4-2)14-18-27/h22-25H,3-21H2,1-2H3/t22?,23?,24?,25-,27-,28-. The molecule has 0 bridgehead atoms. The zero-order chi connectivity index (χ0) is 20.3. The van der Waals surface area contributed by atoms with Crippen LogP contribution in [0.2, 0.25) is 0 Å². The molecule has 4 aliphatic carbocycles. The molecule has 0 atom stereocenters. The third kappa shape index (κ3) is 4.50. The van der Waals surface area contributed by atoms with Gasteiger partial charge in [0.2, 0.25) is 0 Å². The summed E-state index contributed by atoms with van der Waals surface area (Å²) in [6.45, 7) is 4.63. The van der Waals surface area contributed by atoms with Crippen molar-refractivity contribution in [2.24, 2.45) is 34.5 Å². The van der Waals surface area contributed by atoms with E-state index in [0.717, 1.165) is 29.5 Å². The summed E-state index contributed by atoms with van der Waals surface area (Å²) in [5, 5.41) is 0. The van der Waals surface area contributed by atoms with Gasteiger partial charge in [0.1, 0.15) is 5.78 Å². The van der Waals surface area contributed by atoms with Crippen molar-refractivity contribution in [2.75, 3.05) is 0 Å². The molecule has 1 nitrogen and oxygen atoms in total. The van der Waals surface area contributed by atoms with E-state index in [2.05, 4.69) is 13.8 Å². The van der Waals surface area contributed by atoms with Crippen LogP contribution in [-0.2, 0) is 4.79 Å². The van der Waals surface area contributed by atoms with Gasteiger partial charge in [0.05, 0.1) is 0 Å². The van der Waals surface area contributed by atoms with E-state index in [4.69, 9.17) is 0 Å². The van der Waals surface area contributed by atoms with Crippen molar-refractivity contribution in [3.63, 3.8) is 0 Å². The van der Waals surface area contributed by atoms with Gasteiger partial charge in [0.25, 0.3) is 0 Å². The number of hydrogen-bond donors (Lipinski definition) is 0. The van der Waals surface area contributed by atoms with Crippen molar-refractivity contribution >= 4 is 5.78 Å². The first-order chi connectivity index (χ1) is 14.1. The molecule has 0 radical (unpaired) electrons. The van der Waals surface area contributed by atoms with E-state index < -0.39 is 0 Å². The average Bonchev–Trinajstić information content (AvgIpc) is 2.76. The third-order valence-corrected chi connectivity index (χ3v) is 10.2. The summed E-state index contributed by atoms with van der Waals surface area (Å²) in [6.07, 6.45) is 26.0. The van der Waals surface area contributed by atoms with E-state index in [9.17, 15) is 4.79 Å². The summed E-state index contributed by atoms with van der Waals surface area (Å²) in [4.78, 5) is 13.4. The van der Waals surface area contributed by atoms with E-state index in [-0.39, 0.29) is 10.8 Å². The molecular weight excluding hydrogens is 352 g/mol. The lowest BCUT2D eigenvalue weighted by Crippen LogP contribution is -2.59. The predicted octanol–water partition coefficient (Wildman–Crippen LogP) is 8.50. The number of hydrogen-bond acceptors (Lipinski definition) is 1. The number of unbranched alkanes of at least 4 members (excludes halogenated alkanes) is 2. The van der Waals surface area contributed by atoms with E-state index in [1.54, 1.807) is 0 Å². The minimum Gasteiger partial charge on any atom is -0.298 e. The molecule has 0 saturated heterocycles. The van der Waals surface area contributed by atoms with Crippen molar-refractivity contribution in [1.29, 1.82) is 0 Å². The molecule has 2 spiro atoms. The van der Waals surface area contributed by atoms with Gasteiger partial charge in [-0.15, -0.1) is 0 Å². The highest BCUT2D eigenvalue weighted by atomic mass is 16.1. The van der Waals surface area contributed by atoms with Gasteiger partial charge in [-0.2, -0.15) is 0 Å². The Morgan fingerprint density at radius 2 is 1.21 bits per heavy atom. The first-order valence-corrected chi connectivity index (χ1v) is 13.7. The summed E-state index contributed by atoms with van der Waals surface area (Å²) >= 11 is 0. The topological polar surface area (TPSA) is 17.1 Å². The summed E-state index contributed by atoms with van der Waals surface area (Å²) < 4.78 is 0. The van der Waals surface area contributed by atoms with Crippen molar-refractivity contribution in [1.82, 2.24) is 0 Å². The van der Waals surface area contributed by atoms with Gasteiger partial charge in [-0.3, -0.25) is 4.79 Å². The van der Waals surface area contributed by atoms with Crippen molar-refractivity contribution in [3.05, 3.63) is 0 Å². The van der Waals surface area contributed by atoms with Crippen LogP contribution < -0.4 is 0 Å². The van der Waals surface area contributed by atoms with E-state index >= 15 is 0 Å². The Balaban J connectivity index is 1.20. The van der Waals surface area contributed by atoms with Crippen molar-refractivity contribution in [2.45, 2.75) is 136 Å². The Labute approximate surface area is 181 Å². The Morgan fingerprint density at radius 3 is 1.76 bits per heavy atom. The maximum absolute atomic E-state index is 13.4. The summed E-state index contributed by atoms with van der Waals surface area (Å²) in [5.41, 5.74) is 0.291. The fourth-order valence-corrected chi connectivity index (χ4v) is 8.29.